The molecule has 1 saturated heterocycles. The van der Waals surface area contributed by atoms with E-state index < -0.39 is 0 Å². The SMILES string of the molecule is CCCN1CC(c2ccccc2)NCC1C(C)(C)C. The van der Waals surface area contributed by atoms with Crippen molar-refractivity contribution >= 4 is 0 Å². The van der Waals surface area contributed by atoms with Crippen molar-refractivity contribution in [2.45, 2.75) is 46.2 Å². The van der Waals surface area contributed by atoms with Crippen molar-refractivity contribution in [3.63, 3.8) is 0 Å². The maximum atomic E-state index is 3.74. The molecule has 2 rings (SSSR count). The van der Waals surface area contributed by atoms with Gasteiger partial charge in [0.15, 0.2) is 0 Å². The molecular formula is C17H28N2. The molecule has 1 aliphatic heterocycles. The molecule has 0 aromatic heterocycles. The first-order valence-electron chi connectivity index (χ1n) is 7.54. The van der Waals surface area contributed by atoms with E-state index in [1.54, 1.807) is 0 Å². The van der Waals surface area contributed by atoms with E-state index in [9.17, 15) is 0 Å². The van der Waals surface area contributed by atoms with E-state index in [2.05, 4.69) is 68.2 Å². The second-order valence-corrected chi connectivity index (χ2v) is 6.75. The third kappa shape index (κ3) is 3.58. The smallest absolute Gasteiger partial charge is 0.0449 e. The van der Waals surface area contributed by atoms with Gasteiger partial charge in [0.2, 0.25) is 0 Å². The summed E-state index contributed by atoms with van der Waals surface area (Å²) in [6.45, 7) is 12.7. The summed E-state index contributed by atoms with van der Waals surface area (Å²) in [7, 11) is 0. The van der Waals surface area contributed by atoms with Crippen LogP contribution in [0.15, 0.2) is 30.3 Å². The van der Waals surface area contributed by atoms with Crippen LogP contribution in [0.1, 0.15) is 45.7 Å². The van der Waals surface area contributed by atoms with E-state index in [0.29, 0.717) is 17.5 Å². The first-order chi connectivity index (χ1) is 9.02. The largest absolute Gasteiger partial charge is 0.307 e. The first kappa shape index (κ1) is 14.5. The fourth-order valence-electron chi connectivity index (χ4n) is 3.11. The van der Waals surface area contributed by atoms with E-state index >= 15 is 0 Å². The topological polar surface area (TPSA) is 15.3 Å². The third-order valence-corrected chi connectivity index (χ3v) is 4.13. The summed E-state index contributed by atoms with van der Waals surface area (Å²) in [5.74, 6) is 0. The molecule has 1 aliphatic rings. The summed E-state index contributed by atoms with van der Waals surface area (Å²) in [6, 6.07) is 11.9. The number of rotatable bonds is 3. The van der Waals surface area contributed by atoms with Crippen molar-refractivity contribution in [3.05, 3.63) is 35.9 Å². The Morgan fingerprint density at radius 1 is 1.21 bits per heavy atom. The summed E-state index contributed by atoms with van der Waals surface area (Å²) >= 11 is 0. The van der Waals surface area contributed by atoms with Crippen molar-refractivity contribution in [1.82, 2.24) is 10.2 Å². The van der Waals surface area contributed by atoms with Gasteiger partial charge in [0.25, 0.3) is 0 Å². The monoisotopic (exact) mass is 260 g/mol. The summed E-state index contributed by atoms with van der Waals surface area (Å²) in [6.07, 6.45) is 1.23. The number of piperazine rings is 1. The molecule has 0 bridgehead atoms. The maximum Gasteiger partial charge on any atom is 0.0449 e. The molecule has 0 amide bonds. The highest BCUT2D eigenvalue weighted by atomic mass is 15.2. The van der Waals surface area contributed by atoms with Crippen LogP contribution in [0, 0.1) is 5.41 Å². The molecule has 1 N–H and O–H groups in total. The molecule has 106 valence electrons. The standard InChI is InChI=1S/C17H28N2/c1-5-11-19-13-15(14-9-7-6-8-10-14)18-12-16(19)17(2,3)4/h6-10,15-16,18H,5,11-13H2,1-4H3. The average Bonchev–Trinajstić information content (AvgIpc) is 2.39. The Labute approximate surface area is 118 Å². The minimum Gasteiger partial charge on any atom is -0.307 e. The normalized spacial score (nSPS) is 25.5. The molecule has 19 heavy (non-hydrogen) atoms. The van der Waals surface area contributed by atoms with E-state index in [1.165, 1.54) is 18.5 Å². The average molecular weight is 260 g/mol. The highest BCUT2D eigenvalue weighted by molar-refractivity contribution is 5.20. The van der Waals surface area contributed by atoms with Crippen molar-refractivity contribution in [2.24, 2.45) is 5.41 Å². The molecule has 2 unspecified atom stereocenters. The fraction of sp³-hybridized carbons (Fsp3) is 0.647. The van der Waals surface area contributed by atoms with E-state index in [1.807, 2.05) is 0 Å². The number of hydrogen-bond acceptors (Lipinski definition) is 2. The lowest BCUT2D eigenvalue weighted by molar-refractivity contribution is 0.0556. The molecule has 1 aromatic rings. The van der Waals surface area contributed by atoms with Crippen LogP contribution in [0.25, 0.3) is 0 Å². The van der Waals surface area contributed by atoms with Crippen LogP contribution >= 0.6 is 0 Å². The van der Waals surface area contributed by atoms with Crippen molar-refractivity contribution in [1.29, 1.82) is 0 Å². The molecule has 1 aromatic carbocycles. The Kier molecular flexibility index (Phi) is 4.64. The van der Waals surface area contributed by atoms with Crippen molar-refractivity contribution < 1.29 is 0 Å². The number of hydrogen-bond donors (Lipinski definition) is 1. The predicted octanol–water partition coefficient (Wildman–Crippen LogP) is 3.46. The van der Waals surface area contributed by atoms with Crippen LogP contribution in [0.4, 0.5) is 0 Å². The van der Waals surface area contributed by atoms with Gasteiger partial charge in [-0.05, 0) is 23.9 Å². The van der Waals surface area contributed by atoms with Gasteiger partial charge in [-0.15, -0.1) is 0 Å². The molecule has 1 fully saturated rings. The molecule has 1 heterocycles. The zero-order valence-corrected chi connectivity index (χ0v) is 12.8. The lowest BCUT2D eigenvalue weighted by Gasteiger charge is -2.46. The summed E-state index contributed by atoms with van der Waals surface area (Å²) < 4.78 is 0. The minimum absolute atomic E-state index is 0.337. The fourth-order valence-corrected chi connectivity index (χ4v) is 3.11. The van der Waals surface area contributed by atoms with Crippen LogP contribution in [0.2, 0.25) is 0 Å². The second-order valence-electron chi connectivity index (χ2n) is 6.75. The quantitative estimate of drug-likeness (QED) is 0.895. The molecule has 2 nitrogen and oxygen atoms in total. The first-order valence-corrected chi connectivity index (χ1v) is 7.54. The van der Waals surface area contributed by atoms with Crippen LogP contribution in [-0.4, -0.2) is 30.6 Å². The Morgan fingerprint density at radius 2 is 1.89 bits per heavy atom. The molecule has 0 saturated carbocycles. The minimum atomic E-state index is 0.337. The van der Waals surface area contributed by atoms with E-state index in [-0.39, 0.29) is 0 Å². The summed E-state index contributed by atoms with van der Waals surface area (Å²) in [5, 5.41) is 3.74. The van der Waals surface area contributed by atoms with Crippen LogP contribution < -0.4 is 5.32 Å². The highest BCUT2D eigenvalue weighted by Gasteiger charge is 2.35. The van der Waals surface area contributed by atoms with Gasteiger partial charge in [0, 0.05) is 25.2 Å². The van der Waals surface area contributed by atoms with Gasteiger partial charge >= 0.3 is 0 Å². The van der Waals surface area contributed by atoms with Gasteiger partial charge in [-0.25, -0.2) is 0 Å². The lowest BCUT2D eigenvalue weighted by Crippen LogP contribution is -2.57. The molecule has 0 spiro atoms. The summed E-state index contributed by atoms with van der Waals surface area (Å²) in [5.41, 5.74) is 1.75. The molecule has 2 atom stereocenters. The second kappa shape index (κ2) is 6.06. The van der Waals surface area contributed by atoms with Gasteiger partial charge in [0.05, 0.1) is 0 Å². The lowest BCUT2D eigenvalue weighted by atomic mass is 9.83. The van der Waals surface area contributed by atoms with Crippen LogP contribution in [0.3, 0.4) is 0 Å². The van der Waals surface area contributed by atoms with Gasteiger partial charge < -0.3 is 5.32 Å². The zero-order chi connectivity index (χ0) is 13.9. The van der Waals surface area contributed by atoms with Gasteiger partial charge in [-0.2, -0.15) is 0 Å². The van der Waals surface area contributed by atoms with Gasteiger partial charge in [-0.3, -0.25) is 4.90 Å². The Bertz CT molecular complexity index is 380. The number of benzene rings is 1. The molecule has 0 aliphatic carbocycles. The Balaban J connectivity index is 2.10. The number of nitrogens with zero attached hydrogens (tertiary/aromatic N) is 1. The van der Waals surface area contributed by atoms with Gasteiger partial charge in [-0.1, -0.05) is 58.0 Å². The molecule has 2 heteroatoms. The maximum absolute atomic E-state index is 3.74. The summed E-state index contributed by atoms with van der Waals surface area (Å²) in [4.78, 5) is 2.67. The van der Waals surface area contributed by atoms with E-state index in [4.69, 9.17) is 0 Å². The van der Waals surface area contributed by atoms with Crippen LogP contribution in [-0.2, 0) is 0 Å². The van der Waals surface area contributed by atoms with Crippen LogP contribution in [0.5, 0.6) is 0 Å². The number of nitrogens with one attached hydrogen (secondary N) is 1. The third-order valence-electron chi connectivity index (χ3n) is 4.13. The Hall–Kier alpha value is -0.860. The Morgan fingerprint density at radius 3 is 2.47 bits per heavy atom. The molecular weight excluding hydrogens is 232 g/mol. The van der Waals surface area contributed by atoms with E-state index in [0.717, 1.165) is 13.1 Å². The highest BCUT2D eigenvalue weighted by Crippen LogP contribution is 2.29. The predicted molar refractivity (Wildman–Crippen MR) is 82.3 cm³/mol. The van der Waals surface area contributed by atoms with Gasteiger partial charge in [0.1, 0.15) is 0 Å². The molecule has 0 radical (unpaired) electrons. The van der Waals surface area contributed by atoms with Crippen molar-refractivity contribution in [2.75, 3.05) is 19.6 Å². The zero-order valence-electron chi connectivity index (χ0n) is 12.8. The van der Waals surface area contributed by atoms with Crippen molar-refractivity contribution in [3.8, 4) is 0 Å².